The van der Waals surface area contributed by atoms with E-state index in [2.05, 4.69) is 15.0 Å². The van der Waals surface area contributed by atoms with Crippen LogP contribution in [0.1, 0.15) is 5.56 Å². The van der Waals surface area contributed by atoms with E-state index in [1.165, 1.54) is 11.8 Å². The molecule has 19 heavy (non-hydrogen) atoms. The van der Waals surface area contributed by atoms with Crippen LogP contribution < -0.4 is 0 Å². The van der Waals surface area contributed by atoms with Crippen molar-refractivity contribution in [2.24, 2.45) is 9.98 Å². The summed E-state index contributed by atoms with van der Waals surface area (Å²) in [5, 5.41) is 0.315. The molecule has 1 aliphatic rings. The maximum atomic E-state index is 11.1. The summed E-state index contributed by atoms with van der Waals surface area (Å²) in [7, 11) is 0. The second-order valence-electron chi connectivity index (χ2n) is 3.84. The summed E-state index contributed by atoms with van der Waals surface area (Å²) in [6.07, 6.45) is 6.56. The zero-order valence-electron chi connectivity index (χ0n) is 9.68. The van der Waals surface area contributed by atoms with Gasteiger partial charge in [-0.05, 0) is 11.6 Å². The molecule has 0 bridgehead atoms. The fourth-order valence-corrected chi connectivity index (χ4v) is 2.35. The van der Waals surface area contributed by atoms with E-state index in [-0.39, 0.29) is 0 Å². The Balaban J connectivity index is 1.72. The highest BCUT2D eigenvalue weighted by Crippen LogP contribution is 2.16. The lowest BCUT2D eigenvalue weighted by Crippen LogP contribution is -2.18. The van der Waals surface area contributed by atoms with Crippen molar-refractivity contribution in [2.45, 2.75) is 5.75 Å². The largest absolute Gasteiger partial charge is 0.321 e. The summed E-state index contributed by atoms with van der Waals surface area (Å²) in [6, 6.07) is 3.87. The second kappa shape index (κ2) is 4.77. The SMILES string of the molecule is O=C1C=NC(SCc2ccc3nccn3c2)=NC1=O. The van der Waals surface area contributed by atoms with E-state index in [1.807, 2.05) is 28.9 Å². The fraction of sp³-hybridized carbons (Fsp3) is 0.0833. The van der Waals surface area contributed by atoms with Gasteiger partial charge in [0.25, 0.3) is 5.78 Å². The molecule has 0 N–H and O–H groups in total. The Morgan fingerprint density at radius 1 is 1.26 bits per heavy atom. The van der Waals surface area contributed by atoms with Crippen molar-refractivity contribution < 1.29 is 9.59 Å². The number of fused-ring (bicyclic) bond motifs is 1. The van der Waals surface area contributed by atoms with Crippen LogP contribution in [0.3, 0.4) is 0 Å². The lowest BCUT2D eigenvalue weighted by molar-refractivity contribution is -0.131. The number of ketones is 1. The van der Waals surface area contributed by atoms with Crippen LogP contribution in [0.2, 0.25) is 0 Å². The maximum Gasteiger partial charge on any atom is 0.321 e. The number of imidazole rings is 1. The van der Waals surface area contributed by atoms with Gasteiger partial charge in [0.05, 0.1) is 6.21 Å². The van der Waals surface area contributed by atoms with Crippen LogP contribution in [0.25, 0.3) is 5.65 Å². The third-order valence-corrected chi connectivity index (χ3v) is 3.45. The van der Waals surface area contributed by atoms with Gasteiger partial charge >= 0.3 is 5.91 Å². The average Bonchev–Trinajstić information content (AvgIpc) is 2.87. The van der Waals surface area contributed by atoms with Gasteiger partial charge in [0.1, 0.15) is 5.65 Å². The Morgan fingerprint density at radius 3 is 3.00 bits per heavy atom. The lowest BCUT2D eigenvalue weighted by atomic mass is 10.3. The van der Waals surface area contributed by atoms with Crippen LogP contribution in [-0.4, -0.2) is 32.5 Å². The number of amidine groups is 1. The first-order chi connectivity index (χ1) is 9.22. The fourth-order valence-electron chi connectivity index (χ4n) is 1.61. The summed E-state index contributed by atoms with van der Waals surface area (Å²) >= 11 is 1.31. The van der Waals surface area contributed by atoms with Crippen LogP contribution in [0.15, 0.2) is 40.7 Å². The smallest absolute Gasteiger partial charge is 0.307 e. The molecule has 3 heterocycles. The number of aliphatic imine (C=N–C) groups is 2. The van der Waals surface area contributed by atoms with Gasteiger partial charge in [-0.15, -0.1) is 0 Å². The van der Waals surface area contributed by atoms with E-state index in [0.29, 0.717) is 10.9 Å². The van der Waals surface area contributed by atoms with Gasteiger partial charge in [0.2, 0.25) is 0 Å². The standard InChI is InChI=1S/C12H8N4O2S/c17-9-5-14-12(15-11(9)18)19-7-8-1-2-10-13-3-4-16(10)6-8/h1-6H,7H2. The first-order valence-electron chi connectivity index (χ1n) is 5.48. The molecule has 2 aromatic rings. The Bertz CT molecular complexity index is 732. The van der Waals surface area contributed by atoms with Gasteiger partial charge in [0.15, 0.2) is 5.17 Å². The van der Waals surface area contributed by atoms with E-state index < -0.39 is 11.7 Å². The number of nitrogens with zero attached hydrogens (tertiary/aromatic N) is 4. The highest BCUT2D eigenvalue weighted by molar-refractivity contribution is 8.13. The molecule has 6 nitrogen and oxygen atoms in total. The van der Waals surface area contributed by atoms with Crippen molar-refractivity contribution in [3.8, 4) is 0 Å². The number of carbonyl (C=O) groups is 2. The third kappa shape index (κ3) is 2.45. The average molecular weight is 272 g/mol. The van der Waals surface area contributed by atoms with E-state index in [9.17, 15) is 9.59 Å². The number of rotatable bonds is 2. The van der Waals surface area contributed by atoms with E-state index in [4.69, 9.17) is 0 Å². The lowest BCUT2D eigenvalue weighted by Gasteiger charge is -2.04. The molecule has 0 fully saturated rings. The molecule has 1 amide bonds. The van der Waals surface area contributed by atoms with Gasteiger partial charge in [-0.25, -0.2) is 9.98 Å². The number of carbonyl (C=O) groups excluding carboxylic acids is 2. The first kappa shape index (κ1) is 11.8. The molecule has 0 spiro atoms. The van der Waals surface area contributed by atoms with Crippen LogP contribution in [0.5, 0.6) is 0 Å². The van der Waals surface area contributed by atoms with Crippen LogP contribution in [-0.2, 0) is 15.3 Å². The number of hydrogen-bond acceptors (Lipinski definition) is 5. The number of hydrogen-bond donors (Lipinski definition) is 0. The number of pyridine rings is 1. The van der Waals surface area contributed by atoms with Crippen LogP contribution in [0, 0.1) is 0 Å². The van der Waals surface area contributed by atoms with Crippen molar-refractivity contribution in [1.29, 1.82) is 0 Å². The summed E-state index contributed by atoms with van der Waals surface area (Å²) in [5.41, 5.74) is 1.93. The predicted molar refractivity (Wildman–Crippen MR) is 72.4 cm³/mol. The number of Topliss-reactive ketones (excluding diaryl/α,β-unsaturated/α-hetero) is 1. The van der Waals surface area contributed by atoms with Crippen LogP contribution >= 0.6 is 11.8 Å². The Labute approximate surface area is 112 Å². The molecule has 7 heteroatoms. The Hall–Kier alpha value is -2.28. The minimum absolute atomic E-state index is 0.315. The van der Waals surface area contributed by atoms with E-state index in [0.717, 1.165) is 17.4 Å². The Kier molecular flexibility index (Phi) is 2.96. The van der Waals surface area contributed by atoms with Gasteiger partial charge in [-0.3, -0.25) is 9.59 Å². The first-order valence-corrected chi connectivity index (χ1v) is 6.46. The van der Waals surface area contributed by atoms with Crippen molar-refractivity contribution in [1.82, 2.24) is 9.38 Å². The van der Waals surface area contributed by atoms with Gasteiger partial charge < -0.3 is 4.40 Å². The number of aromatic nitrogens is 2. The third-order valence-electron chi connectivity index (χ3n) is 2.52. The topological polar surface area (TPSA) is 76.2 Å². The van der Waals surface area contributed by atoms with Gasteiger partial charge in [0, 0.05) is 24.3 Å². The molecule has 3 rings (SSSR count). The molecule has 0 unspecified atom stereocenters. The molecular formula is C12H8N4O2S. The molecule has 0 atom stereocenters. The summed E-state index contributed by atoms with van der Waals surface area (Å²) in [6.45, 7) is 0. The molecule has 0 saturated heterocycles. The summed E-state index contributed by atoms with van der Waals surface area (Å²) in [5.74, 6) is -0.821. The molecule has 0 aromatic carbocycles. The number of thioether (sulfide) groups is 1. The molecule has 94 valence electrons. The van der Waals surface area contributed by atoms with Gasteiger partial charge in [-0.2, -0.15) is 4.99 Å². The van der Waals surface area contributed by atoms with E-state index >= 15 is 0 Å². The summed E-state index contributed by atoms with van der Waals surface area (Å²) in [4.78, 5) is 33.6. The summed E-state index contributed by atoms with van der Waals surface area (Å²) < 4.78 is 1.91. The molecule has 0 radical (unpaired) electrons. The minimum Gasteiger partial charge on any atom is -0.307 e. The molecule has 0 saturated carbocycles. The highest BCUT2D eigenvalue weighted by Gasteiger charge is 2.16. The van der Waals surface area contributed by atoms with Crippen molar-refractivity contribution in [3.05, 3.63) is 36.3 Å². The van der Waals surface area contributed by atoms with Gasteiger partial charge in [-0.1, -0.05) is 17.8 Å². The molecule has 0 aliphatic carbocycles. The maximum absolute atomic E-state index is 11.1. The zero-order chi connectivity index (χ0) is 13.2. The van der Waals surface area contributed by atoms with Crippen molar-refractivity contribution in [3.63, 3.8) is 0 Å². The monoisotopic (exact) mass is 272 g/mol. The minimum atomic E-state index is -0.762. The number of amides is 1. The quantitative estimate of drug-likeness (QED) is 0.767. The van der Waals surface area contributed by atoms with Crippen LogP contribution in [0.4, 0.5) is 0 Å². The van der Waals surface area contributed by atoms with Crippen molar-refractivity contribution in [2.75, 3.05) is 0 Å². The molecular weight excluding hydrogens is 264 g/mol. The predicted octanol–water partition coefficient (Wildman–Crippen LogP) is 1.10. The highest BCUT2D eigenvalue weighted by atomic mass is 32.2. The molecule has 2 aromatic heterocycles. The molecule has 1 aliphatic heterocycles. The van der Waals surface area contributed by atoms with E-state index in [1.54, 1.807) is 6.20 Å². The zero-order valence-corrected chi connectivity index (χ0v) is 10.5. The normalized spacial score (nSPS) is 15.1. The second-order valence-corrected chi connectivity index (χ2v) is 4.78. The van der Waals surface area contributed by atoms with Crippen molar-refractivity contribution >= 4 is 40.5 Å². The Morgan fingerprint density at radius 2 is 2.16 bits per heavy atom.